The molecule has 0 aromatic carbocycles. The van der Waals surface area contributed by atoms with Crippen molar-refractivity contribution in [3.63, 3.8) is 0 Å². The van der Waals surface area contributed by atoms with Crippen LogP contribution in [-0.2, 0) is 4.74 Å². The van der Waals surface area contributed by atoms with Crippen LogP contribution < -0.4 is 5.32 Å². The van der Waals surface area contributed by atoms with Gasteiger partial charge in [-0.2, -0.15) is 4.98 Å². The lowest BCUT2D eigenvalue weighted by atomic mass is 10.3. The second-order valence-electron chi connectivity index (χ2n) is 3.51. The molecule has 100 valence electrons. The average Bonchev–Trinajstić information content (AvgIpc) is 2.27. The van der Waals surface area contributed by atoms with Crippen molar-refractivity contribution in [2.45, 2.75) is 20.3 Å². The molecule has 0 aliphatic heterocycles. The van der Waals surface area contributed by atoms with Gasteiger partial charge in [-0.3, -0.25) is 10.1 Å². The van der Waals surface area contributed by atoms with Gasteiger partial charge in [0.25, 0.3) is 0 Å². The Kier molecular flexibility index (Phi) is 5.73. The highest BCUT2D eigenvalue weighted by Gasteiger charge is 2.21. The molecule has 0 aliphatic rings. The van der Waals surface area contributed by atoms with Crippen molar-refractivity contribution in [3.8, 4) is 0 Å². The maximum atomic E-state index is 10.9. The van der Waals surface area contributed by atoms with Crippen LogP contribution in [0.4, 0.5) is 11.5 Å². The second-order valence-corrected chi connectivity index (χ2v) is 3.85. The number of nitrogens with one attached hydrogen (secondary N) is 1. The van der Waals surface area contributed by atoms with Gasteiger partial charge in [-0.05, 0) is 31.9 Å². The molecule has 1 rings (SSSR count). The van der Waals surface area contributed by atoms with Crippen molar-refractivity contribution in [1.82, 2.24) is 9.97 Å². The molecule has 1 heterocycles. The van der Waals surface area contributed by atoms with Crippen molar-refractivity contribution < 1.29 is 9.66 Å². The van der Waals surface area contributed by atoms with E-state index in [1.54, 1.807) is 0 Å². The predicted octanol–water partition coefficient (Wildman–Crippen LogP) is 2.19. The molecule has 0 amide bonds. The Balaban J connectivity index is 2.71. The van der Waals surface area contributed by atoms with Crippen molar-refractivity contribution in [2.75, 3.05) is 25.1 Å². The van der Waals surface area contributed by atoms with Gasteiger partial charge in [-0.25, -0.2) is 4.98 Å². The lowest BCUT2D eigenvalue weighted by Crippen LogP contribution is -2.10. The zero-order valence-corrected chi connectivity index (χ0v) is 11.0. The minimum atomic E-state index is -0.517. The summed E-state index contributed by atoms with van der Waals surface area (Å²) in [6.45, 7) is 5.20. The van der Waals surface area contributed by atoms with Crippen LogP contribution in [0.1, 0.15) is 19.0 Å². The van der Waals surface area contributed by atoms with Gasteiger partial charge in [-0.1, -0.05) is 0 Å². The smallest absolute Gasteiger partial charge is 0.332 e. The summed E-state index contributed by atoms with van der Waals surface area (Å²) in [7, 11) is 0. The molecule has 18 heavy (non-hydrogen) atoms. The van der Waals surface area contributed by atoms with Gasteiger partial charge < -0.3 is 10.1 Å². The molecule has 0 saturated heterocycles. The highest BCUT2D eigenvalue weighted by molar-refractivity contribution is 6.28. The third kappa shape index (κ3) is 4.08. The zero-order chi connectivity index (χ0) is 13.5. The average molecular weight is 275 g/mol. The van der Waals surface area contributed by atoms with E-state index in [0.717, 1.165) is 6.42 Å². The van der Waals surface area contributed by atoms with E-state index in [4.69, 9.17) is 16.3 Å². The zero-order valence-electron chi connectivity index (χ0n) is 10.3. The first-order valence-electron chi connectivity index (χ1n) is 5.56. The van der Waals surface area contributed by atoms with Gasteiger partial charge in [-0.15, -0.1) is 0 Å². The Labute approximate surface area is 110 Å². The van der Waals surface area contributed by atoms with Gasteiger partial charge in [0.05, 0.1) is 4.92 Å². The summed E-state index contributed by atoms with van der Waals surface area (Å²) in [5, 5.41) is 13.8. The molecule has 1 N–H and O–H groups in total. The Hall–Kier alpha value is -1.47. The first-order valence-corrected chi connectivity index (χ1v) is 5.94. The number of hydrogen-bond donors (Lipinski definition) is 1. The first-order chi connectivity index (χ1) is 8.56. The van der Waals surface area contributed by atoms with Crippen LogP contribution >= 0.6 is 11.6 Å². The molecule has 0 saturated carbocycles. The summed E-state index contributed by atoms with van der Waals surface area (Å²) in [5.74, 6) is 0.147. The molecular formula is C10H15ClN4O3. The molecule has 7 nitrogen and oxygen atoms in total. The van der Waals surface area contributed by atoms with Crippen LogP contribution in [0, 0.1) is 17.0 Å². The van der Waals surface area contributed by atoms with Crippen LogP contribution in [0.25, 0.3) is 0 Å². The molecule has 1 aromatic heterocycles. The topological polar surface area (TPSA) is 90.2 Å². The number of nitro groups is 1. The second kappa shape index (κ2) is 7.07. The van der Waals surface area contributed by atoms with Crippen molar-refractivity contribution >= 4 is 23.1 Å². The molecule has 0 bridgehead atoms. The van der Waals surface area contributed by atoms with Crippen molar-refractivity contribution in [1.29, 1.82) is 0 Å². The quantitative estimate of drug-likeness (QED) is 0.355. The molecule has 1 aromatic rings. The Morgan fingerprint density at radius 3 is 2.83 bits per heavy atom. The summed E-state index contributed by atoms with van der Waals surface area (Å²) in [4.78, 5) is 18.0. The number of halogens is 1. The highest BCUT2D eigenvalue weighted by Crippen LogP contribution is 2.26. The number of anilines is 1. The van der Waals surface area contributed by atoms with Gasteiger partial charge in [0.1, 0.15) is 5.69 Å². The van der Waals surface area contributed by atoms with Crippen molar-refractivity contribution in [2.24, 2.45) is 0 Å². The molecule has 0 spiro atoms. The van der Waals surface area contributed by atoms with E-state index in [0.29, 0.717) is 19.8 Å². The normalized spacial score (nSPS) is 10.4. The van der Waals surface area contributed by atoms with Crippen LogP contribution in [0.15, 0.2) is 0 Å². The maximum absolute atomic E-state index is 10.9. The predicted molar refractivity (Wildman–Crippen MR) is 68.0 cm³/mol. The Morgan fingerprint density at radius 1 is 1.50 bits per heavy atom. The highest BCUT2D eigenvalue weighted by atomic mass is 35.5. The van der Waals surface area contributed by atoms with E-state index in [-0.39, 0.29) is 22.5 Å². The van der Waals surface area contributed by atoms with Crippen molar-refractivity contribution in [3.05, 3.63) is 21.1 Å². The number of ether oxygens (including phenoxy) is 1. The molecular weight excluding hydrogens is 260 g/mol. The fourth-order valence-electron chi connectivity index (χ4n) is 1.40. The van der Waals surface area contributed by atoms with Crippen LogP contribution in [0.3, 0.4) is 0 Å². The SMILES string of the molecule is CCOCCCNc1nc(Cl)nc(C)c1[N+](=O)[O-]. The fraction of sp³-hybridized carbons (Fsp3) is 0.600. The summed E-state index contributed by atoms with van der Waals surface area (Å²) in [6, 6.07) is 0. The van der Waals surface area contributed by atoms with E-state index in [1.165, 1.54) is 6.92 Å². The molecule has 0 unspecified atom stereocenters. The number of nitrogens with zero attached hydrogens (tertiary/aromatic N) is 3. The van der Waals surface area contributed by atoms with Gasteiger partial charge in [0.2, 0.25) is 11.1 Å². The summed E-state index contributed by atoms with van der Waals surface area (Å²) >= 11 is 5.68. The summed E-state index contributed by atoms with van der Waals surface area (Å²) in [5.41, 5.74) is 0.100. The molecule has 0 radical (unpaired) electrons. The Morgan fingerprint density at radius 2 is 2.22 bits per heavy atom. The summed E-state index contributed by atoms with van der Waals surface area (Å²) < 4.78 is 5.16. The number of aryl methyl sites for hydroxylation is 1. The number of hydrogen-bond acceptors (Lipinski definition) is 6. The number of rotatable bonds is 7. The minimum absolute atomic E-state index is 0.00888. The fourth-order valence-corrected chi connectivity index (χ4v) is 1.61. The largest absolute Gasteiger partial charge is 0.382 e. The maximum Gasteiger partial charge on any atom is 0.332 e. The lowest BCUT2D eigenvalue weighted by Gasteiger charge is -2.07. The molecule has 0 fully saturated rings. The minimum Gasteiger partial charge on any atom is -0.382 e. The molecule has 8 heteroatoms. The summed E-state index contributed by atoms with van der Waals surface area (Å²) in [6.07, 6.45) is 0.728. The molecule has 0 aliphatic carbocycles. The van der Waals surface area contributed by atoms with E-state index < -0.39 is 4.92 Å². The first kappa shape index (κ1) is 14.6. The third-order valence-electron chi connectivity index (χ3n) is 2.18. The standard InChI is InChI=1S/C10H15ClN4O3/c1-3-18-6-4-5-12-9-8(15(16)17)7(2)13-10(11)14-9/h3-6H2,1-2H3,(H,12,13,14). The van der Waals surface area contributed by atoms with E-state index >= 15 is 0 Å². The monoisotopic (exact) mass is 274 g/mol. The van der Waals surface area contributed by atoms with E-state index in [9.17, 15) is 10.1 Å². The van der Waals surface area contributed by atoms with Crippen LogP contribution in [0.2, 0.25) is 5.28 Å². The van der Waals surface area contributed by atoms with Gasteiger partial charge in [0, 0.05) is 19.8 Å². The lowest BCUT2D eigenvalue weighted by molar-refractivity contribution is -0.385. The number of aromatic nitrogens is 2. The van der Waals surface area contributed by atoms with Gasteiger partial charge in [0.15, 0.2) is 0 Å². The Bertz CT molecular complexity index is 428. The van der Waals surface area contributed by atoms with Crippen LogP contribution in [0.5, 0.6) is 0 Å². The third-order valence-corrected chi connectivity index (χ3v) is 2.34. The van der Waals surface area contributed by atoms with Crippen LogP contribution in [-0.4, -0.2) is 34.6 Å². The van der Waals surface area contributed by atoms with Gasteiger partial charge >= 0.3 is 5.69 Å². The van der Waals surface area contributed by atoms with E-state index in [2.05, 4.69) is 15.3 Å². The molecule has 0 atom stereocenters. The van der Waals surface area contributed by atoms with E-state index in [1.807, 2.05) is 6.92 Å².